The van der Waals surface area contributed by atoms with E-state index >= 15 is 0 Å². The number of nitriles is 1. The predicted molar refractivity (Wildman–Crippen MR) is 72.4 cm³/mol. The number of nitrogens with zero attached hydrogens (tertiary/aromatic N) is 1. The Labute approximate surface area is 117 Å². The Kier molecular flexibility index (Phi) is 3.97. The van der Waals surface area contributed by atoms with E-state index in [-0.39, 0.29) is 42.1 Å². The topological polar surface area (TPSA) is 90.2 Å². The molecular formula is C13H15FN2O3S. The number of sulfone groups is 1. The Balaban J connectivity index is 2.01. The highest BCUT2D eigenvalue weighted by Crippen LogP contribution is 2.25. The molecule has 0 aliphatic carbocycles. The maximum absolute atomic E-state index is 13.6. The highest BCUT2D eigenvalue weighted by Gasteiger charge is 2.35. The van der Waals surface area contributed by atoms with Gasteiger partial charge in [0, 0.05) is 6.54 Å². The highest BCUT2D eigenvalue weighted by molar-refractivity contribution is 7.91. The minimum absolute atomic E-state index is 0.0545. The van der Waals surface area contributed by atoms with Crippen molar-refractivity contribution >= 4 is 15.5 Å². The maximum atomic E-state index is 13.6. The standard InChI is InChI=1S/C13H15FN2O3S/c14-11-7-10(8-15)1-2-12(11)16-9-13(17)3-5-20(18,19)6-4-13/h1-2,7,16-17H,3-6,9H2. The maximum Gasteiger partial charge on any atom is 0.150 e. The quantitative estimate of drug-likeness (QED) is 0.870. The number of aliphatic hydroxyl groups is 1. The van der Waals surface area contributed by atoms with Gasteiger partial charge in [-0.15, -0.1) is 0 Å². The summed E-state index contributed by atoms with van der Waals surface area (Å²) in [5, 5.41) is 21.7. The van der Waals surface area contributed by atoms with E-state index in [0.717, 1.165) is 6.07 Å². The van der Waals surface area contributed by atoms with Crippen LogP contribution in [-0.4, -0.2) is 37.2 Å². The SMILES string of the molecule is N#Cc1ccc(NCC2(O)CCS(=O)(=O)CC2)c(F)c1. The minimum Gasteiger partial charge on any atom is -0.388 e. The molecular weight excluding hydrogens is 283 g/mol. The Morgan fingerprint density at radius 1 is 1.40 bits per heavy atom. The molecule has 5 nitrogen and oxygen atoms in total. The molecule has 1 aliphatic heterocycles. The zero-order valence-corrected chi connectivity index (χ0v) is 11.6. The van der Waals surface area contributed by atoms with Crippen LogP contribution in [0.3, 0.4) is 0 Å². The third kappa shape index (κ3) is 3.46. The zero-order chi connectivity index (χ0) is 14.8. The monoisotopic (exact) mass is 298 g/mol. The molecule has 1 aromatic carbocycles. The van der Waals surface area contributed by atoms with Crippen LogP contribution in [0.15, 0.2) is 18.2 Å². The van der Waals surface area contributed by atoms with Crippen molar-refractivity contribution in [1.82, 2.24) is 0 Å². The average Bonchev–Trinajstić information content (AvgIpc) is 2.41. The molecule has 0 radical (unpaired) electrons. The van der Waals surface area contributed by atoms with E-state index in [0.29, 0.717) is 0 Å². The summed E-state index contributed by atoms with van der Waals surface area (Å²) in [5.41, 5.74) is -0.743. The van der Waals surface area contributed by atoms with Gasteiger partial charge in [-0.25, -0.2) is 12.8 Å². The van der Waals surface area contributed by atoms with Crippen molar-refractivity contribution in [2.24, 2.45) is 0 Å². The second kappa shape index (κ2) is 5.38. The van der Waals surface area contributed by atoms with E-state index in [1.807, 2.05) is 6.07 Å². The average molecular weight is 298 g/mol. The van der Waals surface area contributed by atoms with Crippen molar-refractivity contribution in [3.8, 4) is 6.07 Å². The first-order chi connectivity index (χ1) is 9.34. The lowest BCUT2D eigenvalue weighted by Crippen LogP contribution is -2.44. The van der Waals surface area contributed by atoms with Crippen LogP contribution < -0.4 is 5.32 Å². The van der Waals surface area contributed by atoms with Crippen LogP contribution in [0.1, 0.15) is 18.4 Å². The number of nitrogens with one attached hydrogen (secondary N) is 1. The van der Waals surface area contributed by atoms with E-state index in [4.69, 9.17) is 5.26 Å². The van der Waals surface area contributed by atoms with Crippen molar-refractivity contribution in [1.29, 1.82) is 5.26 Å². The first kappa shape index (κ1) is 14.8. The molecule has 2 N–H and O–H groups in total. The molecule has 0 amide bonds. The normalized spacial score (nSPS) is 20.1. The van der Waals surface area contributed by atoms with Gasteiger partial charge in [-0.2, -0.15) is 5.26 Å². The van der Waals surface area contributed by atoms with Gasteiger partial charge in [-0.05, 0) is 31.0 Å². The van der Waals surface area contributed by atoms with Crippen LogP contribution >= 0.6 is 0 Å². The molecule has 1 aromatic rings. The van der Waals surface area contributed by atoms with E-state index < -0.39 is 21.3 Å². The fourth-order valence-corrected chi connectivity index (χ4v) is 3.67. The molecule has 7 heteroatoms. The van der Waals surface area contributed by atoms with E-state index in [1.54, 1.807) is 0 Å². The van der Waals surface area contributed by atoms with Crippen LogP contribution in [-0.2, 0) is 9.84 Å². The lowest BCUT2D eigenvalue weighted by atomic mass is 9.97. The van der Waals surface area contributed by atoms with Gasteiger partial charge >= 0.3 is 0 Å². The summed E-state index contributed by atoms with van der Waals surface area (Å²) >= 11 is 0. The number of anilines is 1. The fourth-order valence-electron chi connectivity index (χ4n) is 2.08. The molecule has 0 bridgehead atoms. The third-order valence-corrected chi connectivity index (χ3v) is 5.12. The van der Waals surface area contributed by atoms with Gasteiger partial charge in [0.1, 0.15) is 5.82 Å². The molecule has 0 aromatic heterocycles. The Bertz CT molecular complexity index is 638. The van der Waals surface area contributed by atoms with Crippen molar-refractivity contribution < 1.29 is 17.9 Å². The Morgan fingerprint density at radius 3 is 2.60 bits per heavy atom. The van der Waals surface area contributed by atoms with Crippen LogP contribution in [0, 0.1) is 17.1 Å². The van der Waals surface area contributed by atoms with E-state index in [2.05, 4.69) is 5.32 Å². The van der Waals surface area contributed by atoms with Gasteiger partial charge in [-0.3, -0.25) is 0 Å². The number of halogens is 1. The number of hydrogen-bond donors (Lipinski definition) is 2. The predicted octanol–water partition coefficient (Wildman–Crippen LogP) is 1.05. The summed E-state index contributed by atoms with van der Waals surface area (Å²) in [6, 6.07) is 5.84. The molecule has 0 spiro atoms. The van der Waals surface area contributed by atoms with Gasteiger partial charge in [0.15, 0.2) is 9.84 Å². The summed E-state index contributed by atoms with van der Waals surface area (Å²) in [5.74, 6) is -0.682. The van der Waals surface area contributed by atoms with Gasteiger partial charge in [0.2, 0.25) is 0 Å². The highest BCUT2D eigenvalue weighted by atomic mass is 32.2. The first-order valence-corrected chi connectivity index (χ1v) is 8.02. The van der Waals surface area contributed by atoms with E-state index in [1.165, 1.54) is 12.1 Å². The fraction of sp³-hybridized carbons (Fsp3) is 0.462. The second-order valence-electron chi connectivity index (χ2n) is 5.04. The molecule has 2 rings (SSSR count). The minimum atomic E-state index is -3.05. The molecule has 108 valence electrons. The van der Waals surface area contributed by atoms with Gasteiger partial charge in [-0.1, -0.05) is 0 Å². The van der Waals surface area contributed by atoms with Crippen LogP contribution in [0.2, 0.25) is 0 Å². The van der Waals surface area contributed by atoms with Crippen molar-refractivity contribution in [2.45, 2.75) is 18.4 Å². The molecule has 0 atom stereocenters. The smallest absolute Gasteiger partial charge is 0.150 e. The molecule has 1 aliphatic rings. The lowest BCUT2D eigenvalue weighted by Gasteiger charge is -2.32. The molecule has 1 heterocycles. The summed E-state index contributed by atoms with van der Waals surface area (Å²) in [6.45, 7) is 0.0747. The Morgan fingerprint density at radius 2 is 2.05 bits per heavy atom. The number of rotatable bonds is 3. The van der Waals surface area contributed by atoms with Crippen LogP contribution in [0.4, 0.5) is 10.1 Å². The zero-order valence-electron chi connectivity index (χ0n) is 10.8. The Hall–Kier alpha value is -1.65. The van der Waals surface area contributed by atoms with Gasteiger partial charge < -0.3 is 10.4 Å². The summed E-state index contributed by atoms with van der Waals surface area (Å²) < 4.78 is 36.3. The van der Waals surface area contributed by atoms with Crippen molar-refractivity contribution in [3.63, 3.8) is 0 Å². The molecule has 0 unspecified atom stereocenters. The largest absolute Gasteiger partial charge is 0.388 e. The molecule has 0 saturated carbocycles. The van der Waals surface area contributed by atoms with Crippen molar-refractivity contribution in [2.75, 3.05) is 23.4 Å². The van der Waals surface area contributed by atoms with E-state index in [9.17, 15) is 17.9 Å². The lowest BCUT2D eigenvalue weighted by molar-refractivity contribution is 0.0436. The summed E-state index contributed by atoms with van der Waals surface area (Å²) in [7, 11) is -3.05. The van der Waals surface area contributed by atoms with Gasteiger partial charge in [0.25, 0.3) is 0 Å². The second-order valence-corrected chi connectivity index (χ2v) is 7.34. The third-order valence-electron chi connectivity index (χ3n) is 3.46. The van der Waals surface area contributed by atoms with Crippen molar-refractivity contribution in [3.05, 3.63) is 29.6 Å². The first-order valence-electron chi connectivity index (χ1n) is 6.20. The molecule has 20 heavy (non-hydrogen) atoms. The molecule has 1 saturated heterocycles. The molecule has 1 fully saturated rings. The summed E-state index contributed by atoms with van der Waals surface area (Å²) in [4.78, 5) is 0. The van der Waals surface area contributed by atoms with Crippen LogP contribution in [0.25, 0.3) is 0 Å². The van der Waals surface area contributed by atoms with Gasteiger partial charge in [0.05, 0.1) is 34.4 Å². The van der Waals surface area contributed by atoms with Crippen LogP contribution in [0.5, 0.6) is 0 Å². The number of benzene rings is 1. The summed E-state index contributed by atoms with van der Waals surface area (Å²) in [6.07, 6.45) is 0.278. The number of hydrogen-bond acceptors (Lipinski definition) is 5.